The number of likely N-dealkylation sites (tertiary alicyclic amines) is 1. The fourth-order valence-corrected chi connectivity index (χ4v) is 2.32. The molecule has 1 heterocycles. The highest BCUT2D eigenvalue weighted by molar-refractivity contribution is 5.89. The molecule has 1 saturated carbocycles. The van der Waals surface area contributed by atoms with Gasteiger partial charge in [0.05, 0.1) is 5.92 Å². The topological polar surface area (TPSA) is 57.6 Å². The first kappa shape index (κ1) is 12.1. The molecule has 2 rings (SSSR count). The van der Waals surface area contributed by atoms with Gasteiger partial charge in [0, 0.05) is 19.2 Å². The van der Waals surface area contributed by atoms with E-state index in [1.54, 1.807) is 11.0 Å². The van der Waals surface area contributed by atoms with E-state index in [0.717, 1.165) is 12.0 Å². The third-order valence-corrected chi connectivity index (χ3v) is 3.65. The average molecular weight is 237 g/mol. The highest BCUT2D eigenvalue weighted by Crippen LogP contribution is 2.36. The summed E-state index contributed by atoms with van der Waals surface area (Å²) >= 11 is 0. The second kappa shape index (κ2) is 4.90. The van der Waals surface area contributed by atoms with Gasteiger partial charge in [0.15, 0.2) is 0 Å². The summed E-state index contributed by atoms with van der Waals surface area (Å²) in [6.45, 7) is 3.05. The minimum Gasteiger partial charge on any atom is -0.481 e. The van der Waals surface area contributed by atoms with Gasteiger partial charge in [0.25, 0.3) is 0 Å². The maximum Gasteiger partial charge on any atom is 0.308 e. The van der Waals surface area contributed by atoms with Gasteiger partial charge in [0.1, 0.15) is 0 Å². The Kier molecular flexibility index (Phi) is 3.50. The molecule has 1 atom stereocenters. The molecule has 0 bridgehead atoms. The molecule has 2 fully saturated rings. The second-order valence-corrected chi connectivity index (χ2v) is 5.12. The van der Waals surface area contributed by atoms with Crippen LogP contribution >= 0.6 is 0 Å². The van der Waals surface area contributed by atoms with Crippen LogP contribution in [0.5, 0.6) is 0 Å². The molecule has 0 aromatic carbocycles. The number of carboxylic acid groups (broad SMARTS) is 1. The largest absolute Gasteiger partial charge is 0.481 e. The first-order valence-corrected chi connectivity index (χ1v) is 6.28. The van der Waals surface area contributed by atoms with Crippen LogP contribution in [0.15, 0.2) is 11.6 Å². The Morgan fingerprint density at radius 3 is 2.53 bits per heavy atom. The minimum absolute atomic E-state index is 0.0136. The number of allylic oxidation sites excluding steroid dienone is 1. The van der Waals surface area contributed by atoms with Crippen LogP contribution in [0.2, 0.25) is 0 Å². The van der Waals surface area contributed by atoms with E-state index in [4.69, 9.17) is 5.11 Å². The molecule has 4 heteroatoms. The zero-order valence-corrected chi connectivity index (χ0v) is 10.2. The Hall–Kier alpha value is -1.32. The number of carbonyl (C=O) groups is 2. The molecule has 1 amide bonds. The van der Waals surface area contributed by atoms with E-state index in [0.29, 0.717) is 25.4 Å². The van der Waals surface area contributed by atoms with Gasteiger partial charge in [-0.15, -0.1) is 0 Å². The molecule has 1 aliphatic heterocycles. The minimum atomic E-state index is -0.787. The standard InChI is InChI=1S/C13H19NO3/c1-9(10-4-5-10)7-12(15)14-6-2-3-11(8-14)13(16)17/h7,10-11H,2-6,8H2,1H3,(H,16,17). The number of rotatable bonds is 3. The lowest BCUT2D eigenvalue weighted by Gasteiger charge is -2.30. The van der Waals surface area contributed by atoms with Gasteiger partial charge in [-0.1, -0.05) is 5.57 Å². The van der Waals surface area contributed by atoms with Crippen molar-refractivity contribution in [3.8, 4) is 0 Å². The number of amides is 1. The highest BCUT2D eigenvalue weighted by Gasteiger charge is 2.28. The monoisotopic (exact) mass is 237 g/mol. The van der Waals surface area contributed by atoms with Crippen molar-refractivity contribution in [1.82, 2.24) is 4.90 Å². The second-order valence-electron chi connectivity index (χ2n) is 5.12. The molecule has 1 aliphatic carbocycles. The summed E-state index contributed by atoms with van der Waals surface area (Å²) in [5.41, 5.74) is 1.15. The van der Waals surface area contributed by atoms with Gasteiger partial charge >= 0.3 is 5.97 Å². The van der Waals surface area contributed by atoms with Gasteiger partial charge < -0.3 is 10.0 Å². The van der Waals surface area contributed by atoms with E-state index < -0.39 is 5.97 Å². The molecule has 0 radical (unpaired) electrons. The number of hydrogen-bond donors (Lipinski definition) is 1. The van der Waals surface area contributed by atoms with Crippen LogP contribution in [-0.4, -0.2) is 35.0 Å². The lowest BCUT2D eigenvalue weighted by Crippen LogP contribution is -2.41. The maximum atomic E-state index is 12.0. The Labute approximate surface area is 101 Å². The van der Waals surface area contributed by atoms with Gasteiger partial charge in [-0.3, -0.25) is 9.59 Å². The highest BCUT2D eigenvalue weighted by atomic mass is 16.4. The number of hydrogen-bond acceptors (Lipinski definition) is 2. The van der Waals surface area contributed by atoms with Crippen molar-refractivity contribution in [3.05, 3.63) is 11.6 Å². The lowest BCUT2D eigenvalue weighted by molar-refractivity contribution is -0.144. The van der Waals surface area contributed by atoms with Crippen LogP contribution in [0, 0.1) is 11.8 Å². The van der Waals surface area contributed by atoms with Crippen molar-refractivity contribution in [2.45, 2.75) is 32.6 Å². The smallest absolute Gasteiger partial charge is 0.308 e. The molecule has 4 nitrogen and oxygen atoms in total. The number of aliphatic carboxylic acids is 1. The molecule has 1 saturated heterocycles. The van der Waals surface area contributed by atoms with Crippen molar-refractivity contribution < 1.29 is 14.7 Å². The van der Waals surface area contributed by atoms with Crippen molar-refractivity contribution in [1.29, 1.82) is 0 Å². The molecule has 1 N–H and O–H groups in total. The summed E-state index contributed by atoms with van der Waals surface area (Å²) in [5, 5.41) is 8.96. The molecular formula is C13H19NO3. The predicted molar refractivity (Wildman–Crippen MR) is 63.4 cm³/mol. The predicted octanol–water partition coefficient (Wildman–Crippen LogP) is 1.67. The van der Waals surface area contributed by atoms with E-state index in [1.165, 1.54) is 12.8 Å². The van der Waals surface area contributed by atoms with Crippen LogP contribution in [0.3, 0.4) is 0 Å². The number of piperidine rings is 1. The van der Waals surface area contributed by atoms with Crippen LogP contribution in [0.25, 0.3) is 0 Å². The molecule has 0 aromatic heterocycles. The Morgan fingerprint density at radius 2 is 1.94 bits per heavy atom. The molecule has 17 heavy (non-hydrogen) atoms. The average Bonchev–Trinajstić information content (AvgIpc) is 3.12. The zero-order chi connectivity index (χ0) is 12.4. The quantitative estimate of drug-likeness (QED) is 0.759. The first-order chi connectivity index (χ1) is 8.08. The Bertz CT molecular complexity index is 358. The van der Waals surface area contributed by atoms with Crippen molar-refractivity contribution in [3.63, 3.8) is 0 Å². The van der Waals surface area contributed by atoms with Gasteiger partial charge in [-0.2, -0.15) is 0 Å². The van der Waals surface area contributed by atoms with Crippen LogP contribution in [-0.2, 0) is 9.59 Å². The summed E-state index contributed by atoms with van der Waals surface area (Å²) in [5.74, 6) is -0.591. The summed E-state index contributed by atoms with van der Waals surface area (Å²) in [6.07, 6.45) is 5.55. The van der Waals surface area contributed by atoms with Crippen molar-refractivity contribution in [2.24, 2.45) is 11.8 Å². The lowest BCUT2D eigenvalue weighted by atomic mass is 9.98. The van der Waals surface area contributed by atoms with E-state index in [9.17, 15) is 9.59 Å². The third-order valence-electron chi connectivity index (χ3n) is 3.65. The summed E-state index contributed by atoms with van der Waals surface area (Å²) in [7, 11) is 0. The number of nitrogens with zero attached hydrogens (tertiary/aromatic N) is 1. The van der Waals surface area contributed by atoms with E-state index >= 15 is 0 Å². The molecular weight excluding hydrogens is 218 g/mol. The normalized spacial score (nSPS) is 25.8. The fraction of sp³-hybridized carbons (Fsp3) is 0.692. The van der Waals surface area contributed by atoms with Crippen LogP contribution in [0.4, 0.5) is 0 Å². The maximum absolute atomic E-state index is 12.0. The molecule has 2 aliphatic rings. The summed E-state index contributed by atoms with van der Waals surface area (Å²) in [4.78, 5) is 24.5. The molecule has 1 unspecified atom stereocenters. The first-order valence-electron chi connectivity index (χ1n) is 6.28. The summed E-state index contributed by atoms with van der Waals surface area (Å²) in [6, 6.07) is 0. The fourth-order valence-electron chi connectivity index (χ4n) is 2.32. The van der Waals surface area contributed by atoms with Crippen molar-refractivity contribution in [2.75, 3.05) is 13.1 Å². The van der Waals surface area contributed by atoms with E-state index in [1.807, 2.05) is 6.92 Å². The summed E-state index contributed by atoms with van der Waals surface area (Å²) < 4.78 is 0. The molecule has 94 valence electrons. The Balaban J connectivity index is 1.94. The van der Waals surface area contributed by atoms with Crippen LogP contribution < -0.4 is 0 Å². The third kappa shape index (κ3) is 3.08. The number of carboxylic acids is 1. The van der Waals surface area contributed by atoms with Crippen LogP contribution in [0.1, 0.15) is 32.6 Å². The van der Waals surface area contributed by atoms with Gasteiger partial charge in [-0.25, -0.2) is 0 Å². The van der Waals surface area contributed by atoms with Gasteiger partial charge in [-0.05, 0) is 38.5 Å². The van der Waals surface area contributed by atoms with E-state index in [-0.39, 0.29) is 11.8 Å². The molecule has 0 spiro atoms. The SMILES string of the molecule is CC(=CC(=O)N1CCCC(C(=O)O)C1)C1CC1. The molecule has 0 aromatic rings. The number of carbonyl (C=O) groups excluding carboxylic acids is 1. The van der Waals surface area contributed by atoms with Gasteiger partial charge in [0.2, 0.25) is 5.91 Å². The Morgan fingerprint density at radius 1 is 1.24 bits per heavy atom. The van der Waals surface area contributed by atoms with Crippen molar-refractivity contribution >= 4 is 11.9 Å². The van der Waals surface area contributed by atoms with E-state index in [2.05, 4.69) is 0 Å². The zero-order valence-electron chi connectivity index (χ0n) is 10.2.